The quantitative estimate of drug-likeness (QED) is 0.541. The Hall–Kier alpha value is -3.00. The molecule has 0 aliphatic carbocycles. The Labute approximate surface area is 191 Å². The van der Waals surface area contributed by atoms with Gasteiger partial charge in [-0.1, -0.05) is 6.92 Å². The number of hydrogen-bond donors (Lipinski definition) is 1. The molecule has 0 saturated carbocycles. The highest BCUT2D eigenvalue weighted by atomic mass is 16.5. The lowest BCUT2D eigenvalue weighted by Gasteiger charge is -2.31. The van der Waals surface area contributed by atoms with Gasteiger partial charge in [-0.05, 0) is 56.7 Å². The maximum Gasteiger partial charge on any atom is 0.322 e. The van der Waals surface area contributed by atoms with Gasteiger partial charge in [-0.3, -0.25) is 4.79 Å². The highest BCUT2D eigenvalue weighted by molar-refractivity contribution is 5.92. The smallest absolute Gasteiger partial charge is 0.322 e. The summed E-state index contributed by atoms with van der Waals surface area (Å²) >= 11 is 0. The third-order valence-electron chi connectivity index (χ3n) is 5.43. The Morgan fingerprint density at radius 3 is 2.44 bits per heavy atom. The van der Waals surface area contributed by atoms with Gasteiger partial charge in [-0.15, -0.1) is 0 Å². The number of nitrogens with zero attached hydrogens (tertiary/aromatic N) is 3. The molecule has 3 amide bonds. The number of anilines is 1. The molecule has 2 aromatic rings. The van der Waals surface area contributed by atoms with E-state index in [2.05, 4.69) is 5.32 Å². The lowest BCUT2D eigenvalue weighted by Crippen LogP contribution is -2.48. The number of urea groups is 1. The molecule has 0 aliphatic heterocycles. The van der Waals surface area contributed by atoms with E-state index < -0.39 is 0 Å². The van der Waals surface area contributed by atoms with Crippen LogP contribution < -0.4 is 10.1 Å². The molecule has 8 nitrogen and oxygen atoms in total. The van der Waals surface area contributed by atoms with E-state index in [1.807, 2.05) is 62.8 Å². The molecule has 32 heavy (non-hydrogen) atoms. The van der Waals surface area contributed by atoms with E-state index in [4.69, 9.17) is 9.47 Å². The topological polar surface area (TPSA) is 76.0 Å². The summed E-state index contributed by atoms with van der Waals surface area (Å²) in [6.07, 6.45) is 2.68. The van der Waals surface area contributed by atoms with E-state index in [1.165, 1.54) is 0 Å². The first kappa shape index (κ1) is 25.3. The number of aromatic nitrogens is 1. The molecular weight excluding hydrogens is 408 g/mol. The zero-order valence-electron chi connectivity index (χ0n) is 19.8. The second kappa shape index (κ2) is 12.8. The molecule has 0 radical (unpaired) electrons. The van der Waals surface area contributed by atoms with E-state index >= 15 is 0 Å². The first-order valence-electron chi connectivity index (χ1n) is 11.1. The van der Waals surface area contributed by atoms with Gasteiger partial charge in [0.25, 0.3) is 0 Å². The number of benzene rings is 1. The summed E-state index contributed by atoms with van der Waals surface area (Å²) in [5.74, 6) is 0.624. The minimum atomic E-state index is -0.303. The zero-order chi connectivity index (χ0) is 23.5. The number of nitrogens with one attached hydrogen (secondary N) is 1. The Bertz CT molecular complexity index is 850. The first-order chi connectivity index (χ1) is 15.4. The van der Waals surface area contributed by atoms with Crippen molar-refractivity contribution in [3.05, 3.63) is 48.3 Å². The van der Waals surface area contributed by atoms with Gasteiger partial charge in [0.05, 0.1) is 19.8 Å². The number of ether oxygens (including phenoxy) is 2. The summed E-state index contributed by atoms with van der Waals surface area (Å²) in [5.41, 5.74) is 1.67. The van der Waals surface area contributed by atoms with Crippen molar-refractivity contribution in [1.82, 2.24) is 14.4 Å². The predicted octanol–water partition coefficient (Wildman–Crippen LogP) is 3.73. The Morgan fingerprint density at radius 2 is 1.88 bits per heavy atom. The van der Waals surface area contributed by atoms with Crippen molar-refractivity contribution in [3.63, 3.8) is 0 Å². The van der Waals surface area contributed by atoms with Crippen LogP contribution in [0, 0.1) is 0 Å². The van der Waals surface area contributed by atoms with Gasteiger partial charge in [0.15, 0.2) is 0 Å². The summed E-state index contributed by atoms with van der Waals surface area (Å²) in [5, 5.41) is 2.90. The summed E-state index contributed by atoms with van der Waals surface area (Å²) in [4.78, 5) is 29.6. The van der Waals surface area contributed by atoms with Crippen molar-refractivity contribution < 1.29 is 19.1 Å². The summed E-state index contributed by atoms with van der Waals surface area (Å²) in [6.45, 7) is 7.78. The monoisotopic (exact) mass is 444 g/mol. The van der Waals surface area contributed by atoms with Crippen LogP contribution in [0.3, 0.4) is 0 Å². The second-order valence-corrected chi connectivity index (χ2v) is 7.69. The summed E-state index contributed by atoms with van der Waals surface area (Å²) < 4.78 is 12.6. The van der Waals surface area contributed by atoms with Gasteiger partial charge < -0.3 is 29.2 Å². The standard InChI is InChI=1S/C24H36N4O4/c1-6-19(3)28(24(30)25-20-10-12-22(13-11-20)32-7-2)18-23(29)27(15-16-31-5)17-21-9-8-14-26(21)4/h8-14,19H,6-7,15-18H2,1-5H3,(H,25,30). The number of aryl methyl sites for hydroxylation is 1. The molecule has 1 atom stereocenters. The Kier molecular flexibility index (Phi) is 10.1. The van der Waals surface area contributed by atoms with Crippen molar-refractivity contribution in [2.75, 3.05) is 38.7 Å². The molecule has 1 aromatic heterocycles. The zero-order valence-corrected chi connectivity index (χ0v) is 19.8. The first-order valence-corrected chi connectivity index (χ1v) is 11.1. The number of amides is 3. The summed E-state index contributed by atoms with van der Waals surface area (Å²) in [6, 6.07) is 10.7. The number of carbonyl (C=O) groups is 2. The summed E-state index contributed by atoms with van der Waals surface area (Å²) in [7, 11) is 3.56. The second-order valence-electron chi connectivity index (χ2n) is 7.69. The molecule has 1 N–H and O–H groups in total. The number of carbonyl (C=O) groups excluding carboxylic acids is 2. The normalized spacial score (nSPS) is 11.7. The van der Waals surface area contributed by atoms with Crippen LogP contribution in [0.15, 0.2) is 42.6 Å². The van der Waals surface area contributed by atoms with Crippen LogP contribution >= 0.6 is 0 Å². The molecule has 0 aliphatic rings. The Balaban J connectivity index is 2.11. The van der Waals surface area contributed by atoms with Gasteiger partial charge in [0.1, 0.15) is 12.3 Å². The van der Waals surface area contributed by atoms with Crippen LogP contribution in [0.5, 0.6) is 5.75 Å². The van der Waals surface area contributed by atoms with E-state index in [1.54, 1.807) is 29.0 Å². The van der Waals surface area contributed by atoms with E-state index in [0.29, 0.717) is 32.0 Å². The minimum absolute atomic E-state index is 0.00793. The van der Waals surface area contributed by atoms with Crippen LogP contribution in [0.2, 0.25) is 0 Å². The molecule has 0 spiro atoms. The largest absolute Gasteiger partial charge is 0.494 e. The van der Waals surface area contributed by atoms with Crippen LogP contribution in [0.1, 0.15) is 32.9 Å². The lowest BCUT2D eigenvalue weighted by molar-refractivity contribution is -0.133. The minimum Gasteiger partial charge on any atom is -0.494 e. The van der Waals surface area contributed by atoms with E-state index in [0.717, 1.165) is 17.9 Å². The maximum absolute atomic E-state index is 13.2. The van der Waals surface area contributed by atoms with Crippen LogP contribution in [-0.4, -0.2) is 65.8 Å². The molecule has 0 bridgehead atoms. The third-order valence-corrected chi connectivity index (χ3v) is 5.43. The fraction of sp³-hybridized carbons (Fsp3) is 0.500. The molecule has 0 fully saturated rings. The van der Waals surface area contributed by atoms with Crippen LogP contribution in [0.25, 0.3) is 0 Å². The highest BCUT2D eigenvalue weighted by Crippen LogP contribution is 2.17. The number of rotatable bonds is 12. The van der Waals surface area contributed by atoms with Crippen molar-refractivity contribution in [1.29, 1.82) is 0 Å². The molecule has 1 aromatic carbocycles. The van der Waals surface area contributed by atoms with Gasteiger partial charge in [0, 0.05) is 44.3 Å². The number of methoxy groups -OCH3 is 1. The average molecular weight is 445 g/mol. The third kappa shape index (κ3) is 7.30. The van der Waals surface area contributed by atoms with E-state index in [9.17, 15) is 9.59 Å². The highest BCUT2D eigenvalue weighted by Gasteiger charge is 2.25. The van der Waals surface area contributed by atoms with Crippen LogP contribution in [-0.2, 0) is 23.1 Å². The fourth-order valence-corrected chi connectivity index (χ4v) is 3.24. The van der Waals surface area contributed by atoms with Gasteiger partial charge in [0.2, 0.25) is 5.91 Å². The molecule has 2 rings (SSSR count). The molecule has 0 saturated heterocycles. The van der Waals surface area contributed by atoms with Crippen molar-refractivity contribution in [2.24, 2.45) is 7.05 Å². The lowest BCUT2D eigenvalue weighted by atomic mass is 10.2. The molecule has 176 valence electrons. The Morgan fingerprint density at radius 1 is 1.16 bits per heavy atom. The van der Waals surface area contributed by atoms with Crippen molar-refractivity contribution >= 4 is 17.6 Å². The molecule has 1 unspecified atom stereocenters. The van der Waals surface area contributed by atoms with Crippen molar-refractivity contribution in [2.45, 2.75) is 39.8 Å². The van der Waals surface area contributed by atoms with Gasteiger partial charge >= 0.3 is 6.03 Å². The van der Waals surface area contributed by atoms with Crippen LogP contribution in [0.4, 0.5) is 10.5 Å². The molecular formula is C24H36N4O4. The van der Waals surface area contributed by atoms with Crippen molar-refractivity contribution in [3.8, 4) is 5.75 Å². The fourth-order valence-electron chi connectivity index (χ4n) is 3.24. The van der Waals surface area contributed by atoms with Gasteiger partial charge in [-0.2, -0.15) is 0 Å². The molecule has 1 heterocycles. The van der Waals surface area contributed by atoms with Gasteiger partial charge in [-0.25, -0.2) is 4.79 Å². The predicted molar refractivity (Wildman–Crippen MR) is 126 cm³/mol. The number of hydrogen-bond acceptors (Lipinski definition) is 4. The SMILES string of the molecule is CCOc1ccc(NC(=O)N(CC(=O)N(CCOC)Cc2cccn2C)C(C)CC)cc1. The van der Waals surface area contributed by atoms with E-state index in [-0.39, 0.29) is 24.5 Å². The average Bonchev–Trinajstić information content (AvgIpc) is 3.19. The molecule has 8 heteroatoms. The maximum atomic E-state index is 13.2.